The molecule has 0 fully saturated rings. The number of nitrogens with zero attached hydrogens (tertiary/aromatic N) is 2. The number of aromatic nitrogens is 2. The first-order chi connectivity index (χ1) is 14.7. The van der Waals surface area contributed by atoms with Crippen LogP contribution in [0, 0.1) is 0 Å². The number of fused-ring (bicyclic) bond motifs is 2. The van der Waals surface area contributed by atoms with Crippen LogP contribution in [0.1, 0.15) is 21.6 Å². The van der Waals surface area contributed by atoms with E-state index in [1.165, 1.54) is 0 Å². The molecule has 0 unspecified atom stereocenters. The Balaban J connectivity index is 1.32. The molecule has 0 aliphatic carbocycles. The van der Waals surface area contributed by atoms with Gasteiger partial charge >= 0.3 is 0 Å². The molecule has 3 heterocycles. The molecule has 0 saturated heterocycles. The Hall–Kier alpha value is -4.13. The summed E-state index contributed by atoms with van der Waals surface area (Å²) in [5.74, 6) is 0.155. The third-order valence-electron chi connectivity index (χ3n) is 4.91. The minimum Gasteiger partial charge on any atom is -0.486 e. The van der Waals surface area contributed by atoms with Crippen LogP contribution in [0.2, 0.25) is 0 Å². The van der Waals surface area contributed by atoms with Crippen LogP contribution in [-0.2, 0) is 17.8 Å². The van der Waals surface area contributed by atoms with Crippen LogP contribution in [-0.4, -0.2) is 21.2 Å². The van der Waals surface area contributed by atoms with Crippen molar-refractivity contribution in [3.63, 3.8) is 0 Å². The summed E-state index contributed by atoms with van der Waals surface area (Å²) in [4.78, 5) is 28.9. The van der Waals surface area contributed by atoms with Crippen LogP contribution in [0.3, 0.4) is 0 Å². The van der Waals surface area contributed by atoms with Gasteiger partial charge in [0.25, 0.3) is 5.91 Å². The molecule has 7 nitrogen and oxygen atoms in total. The summed E-state index contributed by atoms with van der Waals surface area (Å²) in [5, 5.41) is 5.67. The number of amides is 2. The van der Waals surface area contributed by atoms with E-state index < -0.39 is 0 Å². The van der Waals surface area contributed by atoms with E-state index in [9.17, 15) is 9.59 Å². The molecule has 5 rings (SSSR count). The number of hydrogen-bond donors (Lipinski definition) is 2. The van der Waals surface area contributed by atoms with Gasteiger partial charge in [0.2, 0.25) is 5.91 Å². The summed E-state index contributed by atoms with van der Waals surface area (Å²) in [6.07, 6.45) is 4.14. The van der Waals surface area contributed by atoms with E-state index in [1.54, 1.807) is 30.3 Å². The second-order valence-corrected chi connectivity index (χ2v) is 7.03. The normalized spacial score (nSPS) is 12.5. The average molecular weight is 398 g/mol. The molecule has 4 aromatic rings. The highest BCUT2D eigenvalue weighted by molar-refractivity contribution is 6.07. The van der Waals surface area contributed by atoms with Gasteiger partial charge in [-0.05, 0) is 48.0 Å². The largest absolute Gasteiger partial charge is 0.486 e. The van der Waals surface area contributed by atoms with Crippen molar-refractivity contribution in [3.8, 4) is 5.75 Å². The molecule has 1 aliphatic heterocycles. The summed E-state index contributed by atoms with van der Waals surface area (Å²) < 4.78 is 7.83. The molecule has 30 heavy (non-hydrogen) atoms. The molecular formula is C23H18N4O3. The van der Waals surface area contributed by atoms with Crippen molar-refractivity contribution in [2.45, 2.75) is 13.0 Å². The fourth-order valence-electron chi connectivity index (χ4n) is 3.49. The lowest BCUT2D eigenvalue weighted by atomic mass is 10.1. The number of benzene rings is 2. The molecule has 2 aromatic carbocycles. The van der Waals surface area contributed by atoms with Crippen LogP contribution in [0.15, 0.2) is 73.1 Å². The van der Waals surface area contributed by atoms with Gasteiger partial charge in [-0.25, -0.2) is 4.98 Å². The zero-order chi connectivity index (χ0) is 20.5. The summed E-state index contributed by atoms with van der Waals surface area (Å²) in [5.41, 5.74) is 4.32. The predicted octanol–water partition coefficient (Wildman–Crippen LogP) is 3.66. The number of ether oxygens (including phenoxy) is 1. The van der Waals surface area contributed by atoms with Crippen molar-refractivity contribution in [2.75, 3.05) is 10.6 Å². The smallest absolute Gasteiger partial charge is 0.259 e. The lowest BCUT2D eigenvalue weighted by Gasteiger charge is -2.11. The van der Waals surface area contributed by atoms with Crippen molar-refractivity contribution >= 4 is 28.8 Å². The molecular weight excluding hydrogens is 380 g/mol. The average Bonchev–Trinajstić information content (AvgIpc) is 3.34. The first-order valence-corrected chi connectivity index (χ1v) is 9.54. The molecule has 0 atom stereocenters. The highest BCUT2D eigenvalue weighted by Crippen LogP contribution is 2.27. The third-order valence-corrected chi connectivity index (χ3v) is 4.91. The van der Waals surface area contributed by atoms with Gasteiger partial charge in [0.1, 0.15) is 18.0 Å². The van der Waals surface area contributed by atoms with E-state index in [0.29, 0.717) is 23.4 Å². The first-order valence-electron chi connectivity index (χ1n) is 9.54. The van der Waals surface area contributed by atoms with Crippen molar-refractivity contribution in [2.24, 2.45) is 0 Å². The summed E-state index contributed by atoms with van der Waals surface area (Å²) in [6.45, 7) is 0.249. The maximum atomic E-state index is 12.9. The molecule has 2 N–H and O–H groups in total. The molecule has 0 radical (unpaired) electrons. The Kier molecular flexibility index (Phi) is 4.40. The first kappa shape index (κ1) is 17.9. The zero-order valence-electron chi connectivity index (χ0n) is 16.0. The number of nitrogens with one attached hydrogen (secondary N) is 2. The maximum absolute atomic E-state index is 12.9. The highest BCUT2D eigenvalue weighted by atomic mass is 16.5. The minimum atomic E-state index is -0.280. The topological polar surface area (TPSA) is 84.7 Å². The molecule has 148 valence electrons. The number of carbonyl (C=O) groups excluding carboxylic acids is 2. The highest BCUT2D eigenvalue weighted by Gasteiger charge is 2.19. The number of para-hydroxylation sites is 1. The van der Waals surface area contributed by atoms with Gasteiger partial charge in [-0.2, -0.15) is 0 Å². The Morgan fingerprint density at radius 3 is 2.90 bits per heavy atom. The fraction of sp³-hybridized carbons (Fsp3) is 0.0870. The van der Waals surface area contributed by atoms with E-state index in [-0.39, 0.29) is 18.4 Å². The minimum absolute atomic E-state index is 0.0424. The van der Waals surface area contributed by atoms with Crippen LogP contribution < -0.4 is 15.4 Å². The van der Waals surface area contributed by atoms with Gasteiger partial charge in [-0.15, -0.1) is 0 Å². The number of rotatable bonds is 5. The van der Waals surface area contributed by atoms with Crippen LogP contribution in [0.25, 0.3) is 5.65 Å². The van der Waals surface area contributed by atoms with Crippen LogP contribution >= 0.6 is 0 Å². The molecule has 1 aliphatic rings. The zero-order valence-corrected chi connectivity index (χ0v) is 16.0. The predicted molar refractivity (Wildman–Crippen MR) is 113 cm³/mol. The number of imidazole rings is 1. The quantitative estimate of drug-likeness (QED) is 0.537. The fourth-order valence-corrected chi connectivity index (χ4v) is 3.49. The van der Waals surface area contributed by atoms with Crippen LogP contribution in [0.4, 0.5) is 11.4 Å². The van der Waals surface area contributed by atoms with Gasteiger partial charge in [0, 0.05) is 23.8 Å². The van der Waals surface area contributed by atoms with E-state index in [0.717, 1.165) is 22.6 Å². The van der Waals surface area contributed by atoms with Crippen LogP contribution in [0.5, 0.6) is 5.75 Å². The van der Waals surface area contributed by atoms with Gasteiger partial charge in [-0.1, -0.05) is 18.2 Å². The van der Waals surface area contributed by atoms with Gasteiger partial charge < -0.3 is 19.8 Å². The Morgan fingerprint density at radius 1 is 1.13 bits per heavy atom. The van der Waals surface area contributed by atoms with Crippen molar-refractivity contribution in [1.29, 1.82) is 0 Å². The number of pyridine rings is 1. The molecule has 0 spiro atoms. The van der Waals surface area contributed by atoms with Crippen molar-refractivity contribution in [3.05, 3.63) is 89.9 Å². The Labute approximate surface area is 172 Å². The van der Waals surface area contributed by atoms with E-state index in [2.05, 4.69) is 15.6 Å². The van der Waals surface area contributed by atoms with Crippen molar-refractivity contribution < 1.29 is 14.3 Å². The van der Waals surface area contributed by atoms with Gasteiger partial charge in [-0.3, -0.25) is 9.59 Å². The molecule has 2 amide bonds. The second kappa shape index (κ2) is 7.36. The summed E-state index contributed by atoms with van der Waals surface area (Å²) in [6, 6.07) is 18.2. The van der Waals surface area contributed by atoms with E-state index >= 15 is 0 Å². The lowest BCUT2D eigenvalue weighted by Crippen LogP contribution is -2.13. The van der Waals surface area contributed by atoms with E-state index in [1.807, 2.05) is 47.1 Å². The Morgan fingerprint density at radius 2 is 2.00 bits per heavy atom. The maximum Gasteiger partial charge on any atom is 0.259 e. The lowest BCUT2D eigenvalue weighted by molar-refractivity contribution is -0.115. The molecule has 0 saturated carbocycles. The van der Waals surface area contributed by atoms with Gasteiger partial charge in [0.15, 0.2) is 0 Å². The molecule has 0 bridgehead atoms. The van der Waals surface area contributed by atoms with Crippen molar-refractivity contribution in [1.82, 2.24) is 9.38 Å². The standard InChI is InChI=1S/C23H18N4O3/c28-22-12-15-11-16(8-9-19(15)26-22)25-23(29)18-5-1-2-6-20(18)30-14-17-13-27-10-4-3-7-21(27)24-17/h1-11,13H,12,14H2,(H,25,29)(H,26,28). The van der Waals surface area contributed by atoms with E-state index in [4.69, 9.17) is 4.74 Å². The Bertz CT molecular complexity index is 1250. The molecule has 2 aromatic heterocycles. The molecule has 7 heteroatoms. The number of anilines is 2. The number of carbonyl (C=O) groups is 2. The summed E-state index contributed by atoms with van der Waals surface area (Å²) in [7, 11) is 0. The number of hydrogen-bond acceptors (Lipinski definition) is 4. The summed E-state index contributed by atoms with van der Waals surface area (Å²) >= 11 is 0. The SMILES string of the molecule is O=C1Cc2cc(NC(=O)c3ccccc3OCc3cn4ccccc4n3)ccc2N1. The third kappa shape index (κ3) is 3.48. The van der Waals surface area contributed by atoms with Gasteiger partial charge in [0.05, 0.1) is 17.7 Å². The monoisotopic (exact) mass is 398 g/mol. The second-order valence-electron chi connectivity index (χ2n) is 7.03.